The molecule has 1 unspecified atom stereocenters. The summed E-state index contributed by atoms with van der Waals surface area (Å²) >= 11 is 0. The normalized spacial score (nSPS) is 21.4. The zero-order valence-corrected chi connectivity index (χ0v) is 11.5. The number of hydrogen-bond donors (Lipinski definition) is 2. The SMILES string of the molecule is CN1CCCC(N(C)c2ccc(C(N)=NO)cn2)C1. The third-order valence-corrected chi connectivity index (χ3v) is 3.66. The Morgan fingerprint density at radius 2 is 2.37 bits per heavy atom. The van der Waals surface area contributed by atoms with Crippen molar-refractivity contribution < 1.29 is 5.21 Å². The van der Waals surface area contributed by atoms with Crippen LogP contribution in [0.4, 0.5) is 5.82 Å². The van der Waals surface area contributed by atoms with Crippen LogP contribution in [-0.4, -0.2) is 54.2 Å². The van der Waals surface area contributed by atoms with Gasteiger partial charge in [-0.05, 0) is 38.6 Å². The highest BCUT2D eigenvalue weighted by Gasteiger charge is 2.21. The predicted molar refractivity (Wildman–Crippen MR) is 75.7 cm³/mol. The van der Waals surface area contributed by atoms with Crippen molar-refractivity contribution in [3.63, 3.8) is 0 Å². The van der Waals surface area contributed by atoms with Gasteiger partial charge in [-0.15, -0.1) is 0 Å². The molecule has 2 rings (SSSR count). The van der Waals surface area contributed by atoms with E-state index in [4.69, 9.17) is 10.9 Å². The maximum Gasteiger partial charge on any atom is 0.171 e. The molecule has 2 heterocycles. The molecular formula is C13H21N5O. The fourth-order valence-electron chi connectivity index (χ4n) is 2.45. The molecule has 1 saturated heterocycles. The van der Waals surface area contributed by atoms with Gasteiger partial charge in [0.2, 0.25) is 0 Å². The van der Waals surface area contributed by atoms with Gasteiger partial charge in [0.05, 0.1) is 0 Å². The Labute approximate surface area is 113 Å². The lowest BCUT2D eigenvalue weighted by Crippen LogP contribution is -2.45. The van der Waals surface area contributed by atoms with E-state index in [9.17, 15) is 0 Å². The number of piperidine rings is 1. The number of oxime groups is 1. The van der Waals surface area contributed by atoms with Crippen LogP contribution >= 0.6 is 0 Å². The monoisotopic (exact) mass is 263 g/mol. The van der Waals surface area contributed by atoms with Crippen molar-refractivity contribution in [1.29, 1.82) is 0 Å². The lowest BCUT2D eigenvalue weighted by atomic mass is 10.1. The smallest absolute Gasteiger partial charge is 0.171 e. The number of anilines is 1. The van der Waals surface area contributed by atoms with Gasteiger partial charge in [-0.2, -0.15) is 0 Å². The lowest BCUT2D eigenvalue weighted by Gasteiger charge is -2.36. The first-order valence-corrected chi connectivity index (χ1v) is 6.47. The van der Waals surface area contributed by atoms with Gasteiger partial charge >= 0.3 is 0 Å². The van der Waals surface area contributed by atoms with E-state index in [1.54, 1.807) is 6.20 Å². The molecule has 0 saturated carbocycles. The van der Waals surface area contributed by atoms with E-state index in [-0.39, 0.29) is 5.84 Å². The average molecular weight is 263 g/mol. The zero-order chi connectivity index (χ0) is 13.8. The number of pyridine rings is 1. The molecule has 3 N–H and O–H groups in total. The molecule has 19 heavy (non-hydrogen) atoms. The van der Waals surface area contributed by atoms with E-state index >= 15 is 0 Å². The number of hydrogen-bond acceptors (Lipinski definition) is 5. The standard InChI is InChI=1S/C13H21N5O/c1-17-7-3-4-11(9-17)18(2)12-6-5-10(8-15-12)13(14)16-19/h5-6,8,11,19H,3-4,7,9H2,1-2H3,(H2,14,16). The second-order valence-corrected chi connectivity index (χ2v) is 5.06. The van der Waals surface area contributed by atoms with Crippen molar-refractivity contribution in [2.45, 2.75) is 18.9 Å². The summed E-state index contributed by atoms with van der Waals surface area (Å²) in [6, 6.07) is 4.21. The van der Waals surface area contributed by atoms with Crippen molar-refractivity contribution in [3.05, 3.63) is 23.9 Å². The molecular weight excluding hydrogens is 242 g/mol. The largest absolute Gasteiger partial charge is 0.409 e. The first-order chi connectivity index (χ1) is 9.11. The minimum absolute atomic E-state index is 0.0825. The van der Waals surface area contributed by atoms with Gasteiger partial charge in [0.15, 0.2) is 5.84 Å². The molecule has 0 amide bonds. The summed E-state index contributed by atoms with van der Waals surface area (Å²) in [6.07, 6.45) is 4.03. The molecule has 1 aliphatic heterocycles. The highest BCUT2D eigenvalue weighted by atomic mass is 16.4. The van der Waals surface area contributed by atoms with Crippen LogP contribution in [0.25, 0.3) is 0 Å². The number of nitrogens with two attached hydrogens (primary N) is 1. The van der Waals surface area contributed by atoms with Gasteiger partial charge in [-0.1, -0.05) is 5.16 Å². The number of amidine groups is 1. The summed E-state index contributed by atoms with van der Waals surface area (Å²) in [5, 5.41) is 11.6. The quantitative estimate of drug-likeness (QED) is 0.363. The van der Waals surface area contributed by atoms with E-state index in [1.807, 2.05) is 12.1 Å². The predicted octanol–water partition coefficient (Wildman–Crippen LogP) is 0.707. The molecule has 1 atom stereocenters. The molecule has 1 aromatic heterocycles. The fraction of sp³-hybridized carbons (Fsp3) is 0.538. The van der Waals surface area contributed by atoms with Crippen molar-refractivity contribution in [1.82, 2.24) is 9.88 Å². The zero-order valence-electron chi connectivity index (χ0n) is 11.5. The molecule has 0 spiro atoms. The summed E-state index contributed by atoms with van der Waals surface area (Å²) in [6.45, 7) is 2.22. The number of rotatable bonds is 3. The van der Waals surface area contributed by atoms with Crippen LogP contribution < -0.4 is 10.6 Å². The molecule has 1 aromatic rings. The summed E-state index contributed by atoms with van der Waals surface area (Å²) in [7, 11) is 4.21. The minimum Gasteiger partial charge on any atom is -0.409 e. The van der Waals surface area contributed by atoms with Gasteiger partial charge in [-0.25, -0.2) is 4.98 Å². The van der Waals surface area contributed by atoms with Crippen LogP contribution in [-0.2, 0) is 0 Å². The minimum atomic E-state index is 0.0825. The molecule has 1 aliphatic rings. The van der Waals surface area contributed by atoms with Crippen molar-refractivity contribution >= 4 is 11.7 Å². The first-order valence-electron chi connectivity index (χ1n) is 6.47. The second-order valence-electron chi connectivity index (χ2n) is 5.06. The van der Waals surface area contributed by atoms with Gasteiger partial charge in [0.25, 0.3) is 0 Å². The number of likely N-dealkylation sites (tertiary alicyclic amines) is 1. The molecule has 6 nitrogen and oxygen atoms in total. The average Bonchev–Trinajstić information content (AvgIpc) is 2.46. The topological polar surface area (TPSA) is 78.0 Å². The fourth-order valence-corrected chi connectivity index (χ4v) is 2.45. The van der Waals surface area contributed by atoms with Crippen LogP contribution in [0.1, 0.15) is 18.4 Å². The highest BCUT2D eigenvalue weighted by molar-refractivity contribution is 5.96. The van der Waals surface area contributed by atoms with Crippen molar-refractivity contribution in [2.75, 3.05) is 32.1 Å². The molecule has 1 fully saturated rings. The van der Waals surface area contributed by atoms with Gasteiger partial charge in [-0.3, -0.25) is 0 Å². The Hall–Kier alpha value is -1.82. The van der Waals surface area contributed by atoms with Crippen molar-refractivity contribution in [2.24, 2.45) is 10.9 Å². The Morgan fingerprint density at radius 3 is 2.95 bits per heavy atom. The van der Waals surface area contributed by atoms with E-state index in [1.165, 1.54) is 19.4 Å². The molecule has 0 radical (unpaired) electrons. The van der Waals surface area contributed by atoms with Crippen LogP contribution in [0, 0.1) is 0 Å². The third kappa shape index (κ3) is 3.14. The number of likely N-dealkylation sites (N-methyl/N-ethyl adjacent to an activating group) is 2. The number of aromatic nitrogens is 1. The van der Waals surface area contributed by atoms with Crippen LogP contribution in [0.15, 0.2) is 23.5 Å². The lowest BCUT2D eigenvalue weighted by molar-refractivity contribution is 0.247. The van der Waals surface area contributed by atoms with Crippen molar-refractivity contribution in [3.8, 4) is 0 Å². The van der Waals surface area contributed by atoms with E-state index in [0.717, 1.165) is 12.4 Å². The molecule has 0 aromatic carbocycles. The molecule has 0 bridgehead atoms. The molecule has 104 valence electrons. The van der Waals surface area contributed by atoms with Crippen LogP contribution in [0.2, 0.25) is 0 Å². The summed E-state index contributed by atoms with van der Waals surface area (Å²) in [5.74, 6) is 0.994. The van der Waals surface area contributed by atoms with Crippen LogP contribution in [0.3, 0.4) is 0 Å². The van der Waals surface area contributed by atoms with Gasteiger partial charge in [0, 0.05) is 31.4 Å². The molecule has 0 aliphatic carbocycles. The first kappa shape index (κ1) is 13.6. The Balaban J connectivity index is 2.08. The van der Waals surface area contributed by atoms with E-state index in [0.29, 0.717) is 11.6 Å². The summed E-state index contributed by atoms with van der Waals surface area (Å²) in [4.78, 5) is 8.93. The third-order valence-electron chi connectivity index (χ3n) is 3.66. The molecule has 6 heteroatoms. The highest BCUT2D eigenvalue weighted by Crippen LogP contribution is 2.19. The Bertz CT molecular complexity index is 445. The van der Waals surface area contributed by atoms with E-state index < -0.39 is 0 Å². The summed E-state index contributed by atoms with van der Waals surface area (Å²) < 4.78 is 0. The maximum absolute atomic E-state index is 8.62. The second kappa shape index (κ2) is 5.88. The van der Waals surface area contributed by atoms with Crippen LogP contribution in [0.5, 0.6) is 0 Å². The van der Waals surface area contributed by atoms with Gasteiger partial charge in [0.1, 0.15) is 5.82 Å². The maximum atomic E-state index is 8.62. The van der Waals surface area contributed by atoms with E-state index in [2.05, 4.69) is 34.0 Å². The Morgan fingerprint density at radius 1 is 1.58 bits per heavy atom. The number of nitrogens with zero attached hydrogens (tertiary/aromatic N) is 4. The van der Waals surface area contributed by atoms with Gasteiger partial charge < -0.3 is 20.7 Å². The summed E-state index contributed by atoms with van der Waals surface area (Å²) in [5.41, 5.74) is 6.15. The Kier molecular flexibility index (Phi) is 4.21.